The SMILES string of the molecule is Cc1ccc(NC(C)C2CCOC2)cc1C. The molecule has 0 aliphatic carbocycles. The van der Waals surface area contributed by atoms with Crippen LogP contribution < -0.4 is 5.32 Å². The van der Waals surface area contributed by atoms with E-state index in [-0.39, 0.29) is 0 Å². The Morgan fingerprint density at radius 1 is 1.31 bits per heavy atom. The van der Waals surface area contributed by atoms with Gasteiger partial charge in [-0.05, 0) is 50.5 Å². The fourth-order valence-electron chi connectivity index (χ4n) is 2.16. The van der Waals surface area contributed by atoms with E-state index in [1.807, 2.05) is 0 Å². The van der Waals surface area contributed by atoms with Crippen LogP contribution in [0.25, 0.3) is 0 Å². The largest absolute Gasteiger partial charge is 0.382 e. The van der Waals surface area contributed by atoms with Crippen molar-refractivity contribution in [2.45, 2.75) is 33.2 Å². The minimum Gasteiger partial charge on any atom is -0.382 e. The van der Waals surface area contributed by atoms with Crippen LogP contribution in [0.1, 0.15) is 24.5 Å². The average Bonchev–Trinajstić information content (AvgIpc) is 2.77. The van der Waals surface area contributed by atoms with Crippen LogP contribution >= 0.6 is 0 Å². The van der Waals surface area contributed by atoms with Crippen LogP contribution in [0.2, 0.25) is 0 Å². The molecule has 0 amide bonds. The lowest BCUT2D eigenvalue weighted by Crippen LogP contribution is -2.26. The summed E-state index contributed by atoms with van der Waals surface area (Å²) in [4.78, 5) is 0. The first kappa shape index (κ1) is 11.5. The molecule has 2 nitrogen and oxygen atoms in total. The lowest BCUT2D eigenvalue weighted by molar-refractivity contribution is 0.183. The van der Waals surface area contributed by atoms with Gasteiger partial charge in [0.05, 0.1) is 6.61 Å². The number of rotatable bonds is 3. The normalized spacial score (nSPS) is 22.1. The molecule has 1 aliphatic rings. The summed E-state index contributed by atoms with van der Waals surface area (Å²) < 4.78 is 5.42. The second kappa shape index (κ2) is 4.88. The molecule has 1 fully saturated rings. The summed E-state index contributed by atoms with van der Waals surface area (Å²) in [6, 6.07) is 7.05. The van der Waals surface area contributed by atoms with Crippen molar-refractivity contribution in [1.29, 1.82) is 0 Å². The number of anilines is 1. The molecule has 0 saturated carbocycles. The van der Waals surface area contributed by atoms with Gasteiger partial charge >= 0.3 is 0 Å². The molecule has 2 rings (SSSR count). The van der Waals surface area contributed by atoms with Gasteiger partial charge in [0, 0.05) is 24.3 Å². The monoisotopic (exact) mass is 219 g/mol. The summed E-state index contributed by atoms with van der Waals surface area (Å²) in [7, 11) is 0. The van der Waals surface area contributed by atoms with Crippen molar-refractivity contribution in [2.24, 2.45) is 5.92 Å². The molecule has 2 heteroatoms. The lowest BCUT2D eigenvalue weighted by atomic mass is 10.00. The number of nitrogens with one attached hydrogen (secondary N) is 1. The Kier molecular flexibility index (Phi) is 3.49. The molecule has 0 aromatic heterocycles. The Morgan fingerprint density at radius 3 is 2.75 bits per heavy atom. The van der Waals surface area contributed by atoms with E-state index in [9.17, 15) is 0 Å². The number of hydrogen-bond donors (Lipinski definition) is 1. The highest BCUT2D eigenvalue weighted by Gasteiger charge is 2.21. The molecule has 1 N–H and O–H groups in total. The van der Waals surface area contributed by atoms with Crippen molar-refractivity contribution in [1.82, 2.24) is 0 Å². The molecule has 1 heterocycles. The van der Waals surface area contributed by atoms with E-state index in [4.69, 9.17) is 4.74 Å². The third-order valence-electron chi connectivity index (χ3n) is 3.57. The molecule has 0 bridgehead atoms. The standard InChI is InChI=1S/C14H21NO/c1-10-4-5-14(8-11(10)2)15-12(3)13-6-7-16-9-13/h4-5,8,12-13,15H,6-7,9H2,1-3H3. The maximum atomic E-state index is 5.42. The smallest absolute Gasteiger partial charge is 0.0514 e. The number of ether oxygens (including phenoxy) is 1. The molecule has 1 aliphatic heterocycles. The number of hydrogen-bond acceptors (Lipinski definition) is 2. The summed E-state index contributed by atoms with van der Waals surface area (Å²) >= 11 is 0. The van der Waals surface area contributed by atoms with Crippen LogP contribution in [-0.2, 0) is 4.74 Å². The predicted octanol–water partition coefficient (Wildman–Crippen LogP) is 3.14. The first-order valence-corrected chi connectivity index (χ1v) is 6.08. The van der Waals surface area contributed by atoms with Gasteiger partial charge in [-0.1, -0.05) is 6.07 Å². The first-order valence-electron chi connectivity index (χ1n) is 6.08. The fourth-order valence-corrected chi connectivity index (χ4v) is 2.16. The van der Waals surface area contributed by atoms with E-state index in [1.165, 1.54) is 23.2 Å². The van der Waals surface area contributed by atoms with E-state index >= 15 is 0 Å². The van der Waals surface area contributed by atoms with Crippen molar-refractivity contribution >= 4 is 5.69 Å². The second-order valence-corrected chi connectivity index (χ2v) is 4.86. The van der Waals surface area contributed by atoms with Crippen LogP contribution in [-0.4, -0.2) is 19.3 Å². The maximum Gasteiger partial charge on any atom is 0.0514 e. The van der Waals surface area contributed by atoms with Gasteiger partial charge in [0.2, 0.25) is 0 Å². The van der Waals surface area contributed by atoms with Gasteiger partial charge in [0.1, 0.15) is 0 Å². The molecule has 0 radical (unpaired) electrons. The summed E-state index contributed by atoms with van der Waals surface area (Å²) in [5.41, 5.74) is 3.92. The highest BCUT2D eigenvalue weighted by Crippen LogP contribution is 2.21. The van der Waals surface area contributed by atoms with E-state index in [1.54, 1.807) is 0 Å². The zero-order valence-corrected chi connectivity index (χ0v) is 10.4. The van der Waals surface area contributed by atoms with Gasteiger partial charge in [-0.15, -0.1) is 0 Å². The lowest BCUT2D eigenvalue weighted by Gasteiger charge is -2.21. The molecular weight excluding hydrogens is 198 g/mol. The third-order valence-corrected chi connectivity index (χ3v) is 3.57. The van der Waals surface area contributed by atoms with Crippen LogP contribution in [0.3, 0.4) is 0 Å². The molecule has 0 spiro atoms. The average molecular weight is 219 g/mol. The van der Waals surface area contributed by atoms with Crippen molar-refractivity contribution in [2.75, 3.05) is 18.5 Å². The van der Waals surface area contributed by atoms with Gasteiger partial charge in [-0.3, -0.25) is 0 Å². The molecule has 1 saturated heterocycles. The van der Waals surface area contributed by atoms with E-state index < -0.39 is 0 Å². The van der Waals surface area contributed by atoms with Crippen LogP contribution in [0.5, 0.6) is 0 Å². The quantitative estimate of drug-likeness (QED) is 0.843. The Bertz CT molecular complexity index is 356. The molecule has 1 aromatic carbocycles. The zero-order chi connectivity index (χ0) is 11.5. The van der Waals surface area contributed by atoms with E-state index in [0.717, 1.165) is 13.2 Å². The molecular formula is C14H21NO. The number of benzene rings is 1. The van der Waals surface area contributed by atoms with E-state index in [0.29, 0.717) is 12.0 Å². The summed E-state index contributed by atoms with van der Waals surface area (Å²) in [6.45, 7) is 8.37. The minimum absolute atomic E-state index is 0.490. The predicted molar refractivity (Wildman–Crippen MR) is 67.9 cm³/mol. The number of aryl methyl sites for hydroxylation is 2. The molecule has 2 unspecified atom stereocenters. The van der Waals surface area contributed by atoms with Crippen LogP contribution in [0, 0.1) is 19.8 Å². The molecule has 16 heavy (non-hydrogen) atoms. The van der Waals surface area contributed by atoms with Gasteiger partial charge < -0.3 is 10.1 Å². The van der Waals surface area contributed by atoms with Crippen molar-refractivity contribution in [3.05, 3.63) is 29.3 Å². The molecule has 88 valence electrons. The van der Waals surface area contributed by atoms with Crippen molar-refractivity contribution in [3.63, 3.8) is 0 Å². The Labute approximate surface area is 98.0 Å². The molecule has 1 aromatic rings. The van der Waals surface area contributed by atoms with E-state index in [2.05, 4.69) is 44.3 Å². The summed E-state index contributed by atoms with van der Waals surface area (Å²) in [5.74, 6) is 0.654. The zero-order valence-electron chi connectivity index (χ0n) is 10.4. The van der Waals surface area contributed by atoms with Gasteiger partial charge in [0.15, 0.2) is 0 Å². The fraction of sp³-hybridized carbons (Fsp3) is 0.571. The highest BCUT2D eigenvalue weighted by atomic mass is 16.5. The van der Waals surface area contributed by atoms with Gasteiger partial charge in [0.25, 0.3) is 0 Å². The minimum atomic E-state index is 0.490. The Balaban J connectivity index is 1.99. The maximum absolute atomic E-state index is 5.42. The molecule has 2 atom stereocenters. The van der Waals surface area contributed by atoms with Crippen molar-refractivity contribution < 1.29 is 4.74 Å². The van der Waals surface area contributed by atoms with Gasteiger partial charge in [-0.25, -0.2) is 0 Å². The van der Waals surface area contributed by atoms with Crippen LogP contribution in [0.15, 0.2) is 18.2 Å². The first-order chi connectivity index (χ1) is 7.66. The summed E-state index contributed by atoms with van der Waals surface area (Å²) in [5, 5.41) is 3.57. The highest BCUT2D eigenvalue weighted by molar-refractivity contribution is 5.48. The van der Waals surface area contributed by atoms with Gasteiger partial charge in [-0.2, -0.15) is 0 Å². The third kappa shape index (κ3) is 2.56. The second-order valence-electron chi connectivity index (χ2n) is 4.86. The van der Waals surface area contributed by atoms with Crippen molar-refractivity contribution in [3.8, 4) is 0 Å². The van der Waals surface area contributed by atoms with Crippen LogP contribution in [0.4, 0.5) is 5.69 Å². The Morgan fingerprint density at radius 2 is 2.12 bits per heavy atom. The Hall–Kier alpha value is -1.02. The topological polar surface area (TPSA) is 21.3 Å². The summed E-state index contributed by atoms with van der Waals surface area (Å²) in [6.07, 6.45) is 1.18.